The van der Waals surface area contributed by atoms with Crippen molar-refractivity contribution in [1.82, 2.24) is 4.90 Å². The second-order valence-corrected chi connectivity index (χ2v) is 5.04. The number of carbonyl (C=O) groups excluding carboxylic acids is 2. The van der Waals surface area contributed by atoms with Crippen molar-refractivity contribution in [2.45, 2.75) is 19.3 Å². The van der Waals surface area contributed by atoms with Gasteiger partial charge in [0, 0.05) is 18.7 Å². The number of nitriles is 1. The SMILES string of the molecule is COc1ccc(C(=O)C(C#N)C(=O)N2CCCCC2)cc1. The summed E-state index contributed by atoms with van der Waals surface area (Å²) in [5.41, 5.74) is 0.354. The highest BCUT2D eigenvalue weighted by Gasteiger charge is 2.31. The maximum atomic E-state index is 12.3. The van der Waals surface area contributed by atoms with E-state index in [0.29, 0.717) is 24.4 Å². The van der Waals surface area contributed by atoms with Crippen LogP contribution < -0.4 is 4.74 Å². The van der Waals surface area contributed by atoms with E-state index in [1.807, 2.05) is 6.07 Å². The molecule has 0 radical (unpaired) electrons. The molecule has 1 aromatic rings. The van der Waals surface area contributed by atoms with E-state index in [0.717, 1.165) is 19.3 Å². The highest BCUT2D eigenvalue weighted by atomic mass is 16.5. The molecule has 0 aliphatic carbocycles. The van der Waals surface area contributed by atoms with Crippen LogP contribution in [0.2, 0.25) is 0 Å². The molecular formula is C16H18N2O3. The first-order valence-electron chi connectivity index (χ1n) is 7.04. The van der Waals surface area contributed by atoms with Crippen molar-refractivity contribution in [3.05, 3.63) is 29.8 Å². The fourth-order valence-corrected chi connectivity index (χ4v) is 2.44. The number of carbonyl (C=O) groups is 2. The van der Waals surface area contributed by atoms with Gasteiger partial charge in [-0.05, 0) is 43.5 Å². The van der Waals surface area contributed by atoms with Crippen LogP contribution in [-0.4, -0.2) is 36.8 Å². The van der Waals surface area contributed by atoms with Crippen molar-refractivity contribution in [1.29, 1.82) is 5.26 Å². The largest absolute Gasteiger partial charge is 0.497 e. The van der Waals surface area contributed by atoms with Gasteiger partial charge in [0.1, 0.15) is 5.75 Å². The summed E-state index contributed by atoms with van der Waals surface area (Å²) < 4.78 is 5.03. The molecule has 1 saturated heterocycles. The Labute approximate surface area is 124 Å². The Morgan fingerprint density at radius 1 is 1.19 bits per heavy atom. The van der Waals surface area contributed by atoms with E-state index in [1.165, 1.54) is 7.11 Å². The van der Waals surface area contributed by atoms with Gasteiger partial charge in [0.25, 0.3) is 0 Å². The second-order valence-electron chi connectivity index (χ2n) is 5.04. The summed E-state index contributed by atoms with van der Waals surface area (Å²) >= 11 is 0. The number of nitrogens with zero attached hydrogens (tertiary/aromatic N) is 2. The third-order valence-corrected chi connectivity index (χ3v) is 3.68. The Hall–Kier alpha value is -2.35. The zero-order valence-corrected chi connectivity index (χ0v) is 12.0. The maximum absolute atomic E-state index is 12.3. The Morgan fingerprint density at radius 3 is 2.33 bits per heavy atom. The predicted molar refractivity (Wildman–Crippen MR) is 76.9 cm³/mol. The summed E-state index contributed by atoms with van der Waals surface area (Å²) in [7, 11) is 1.54. The average molecular weight is 286 g/mol. The molecule has 0 spiro atoms. The van der Waals surface area contributed by atoms with Crippen LogP contribution in [0.3, 0.4) is 0 Å². The Balaban J connectivity index is 2.13. The van der Waals surface area contributed by atoms with Gasteiger partial charge in [0.15, 0.2) is 11.7 Å². The number of hydrogen-bond acceptors (Lipinski definition) is 4. The number of Topliss-reactive ketones (excluding diaryl/α,β-unsaturated/α-hetero) is 1. The Kier molecular flexibility index (Phi) is 4.94. The van der Waals surface area contributed by atoms with E-state index in [2.05, 4.69) is 0 Å². The minimum absolute atomic E-state index is 0.354. The first-order valence-corrected chi connectivity index (χ1v) is 7.04. The van der Waals surface area contributed by atoms with Crippen molar-refractivity contribution in [2.24, 2.45) is 5.92 Å². The molecule has 0 bridgehead atoms. The van der Waals surface area contributed by atoms with Crippen LogP contribution in [-0.2, 0) is 4.79 Å². The fourth-order valence-electron chi connectivity index (χ4n) is 2.44. The van der Waals surface area contributed by atoms with E-state index in [1.54, 1.807) is 29.2 Å². The molecule has 1 unspecified atom stereocenters. The molecule has 1 aromatic carbocycles. The van der Waals surface area contributed by atoms with Crippen LogP contribution in [0.25, 0.3) is 0 Å². The molecule has 1 aliphatic rings. The van der Waals surface area contributed by atoms with Crippen molar-refractivity contribution in [2.75, 3.05) is 20.2 Å². The van der Waals surface area contributed by atoms with Gasteiger partial charge < -0.3 is 9.64 Å². The molecule has 1 amide bonds. The molecule has 21 heavy (non-hydrogen) atoms. The van der Waals surface area contributed by atoms with Crippen LogP contribution in [0.4, 0.5) is 0 Å². The second kappa shape index (κ2) is 6.89. The molecule has 5 nitrogen and oxygen atoms in total. The average Bonchev–Trinajstić information content (AvgIpc) is 2.56. The number of benzene rings is 1. The lowest BCUT2D eigenvalue weighted by Gasteiger charge is -2.28. The number of likely N-dealkylation sites (tertiary alicyclic amines) is 1. The lowest BCUT2D eigenvalue weighted by molar-refractivity contribution is -0.133. The van der Waals surface area contributed by atoms with Crippen LogP contribution in [0.15, 0.2) is 24.3 Å². The lowest BCUT2D eigenvalue weighted by Crippen LogP contribution is -2.41. The van der Waals surface area contributed by atoms with E-state index >= 15 is 0 Å². The highest BCUT2D eigenvalue weighted by molar-refractivity contribution is 6.12. The van der Waals surface area contributed by atoms with Crippen LogP contribution >= 0.6 is 0 Å². The van der Waals surface area contributed by atoms with Gasteiger partial charge in [0.2, 0.25) is 5.91 Å². The predicted octanol–water partition coefficient (Wildman–Crippen LogP) is 2.03. The molecule has 0 saturated carbocycles. The van der Waals surface area contributed by atoms with Gasteiger partial charge in [-0.2, -0.15) is 5.26 Å². The fraction of sp³-hybridized carbons (Fsp3) is 0.438. The zero-order valence-electron chi connectivity index (χ0n) is 12.0. The van der Waals surface area contributed by atoms with Gasteiger partial charge in [-0.15, -0.1) is 0 Å². The monoisotopic (exact) mass is 286 g/mol. The van der Waals surface area contributed by atoms with Gasteiger partial charge >= 0.3 is 0 Å². The first-order chi connectivity index (χ1) is 10.2. The molecule has 1 atom stereocenters. The third kappa shape index (κ3) is 3.40. The standard InChI is InChI=1S/C16H18N2O3/c1-21-13-7-5-12(6-8-13)15(19)14(11-17)16(20)18-9-3-2-4-10-18/h5-8,14H,2-4,9-10H2,1H3. The van der Waals surface area contributed by atoms with Gasteiger partial charge in [-0.1, -0.05) is 0 Å². The molecule has 1 fully saturated rings. The number of ketones is 1. The molecule has 110 valence electrons. The Morgan fingerprint density at radius 2 is 1.81 bits per heavy atom. The first kappa shape index (κ1) is 15.0. The molecule has 0 N–H and O–H groups in total. The van der Waals surface area contributed by atoms with E-state index in [-0.39, 0.29) is 5.91 Å². The normalized spacial score (nSPS) is 15.9. The van der Waals surface area contributed by atoms with E-state index < -0.39 is 11.7 Å². The number of methoxy groups -OCH3 is 1. The summed E-state index contributed by atoms with van der Waals surface area (Å²) in [6.07, 6.45) is 2.95. The number of rotatable bonds is 4. The number of piperidine rings is 1. The van der Waals surface area contributed by atoms with Crippen LogP contribution in [0, 0.1) is 17.2 Å². The summed E-state index contributed by atoms with van der Waals surface area (Å²) in [6.45, 7) is 1.26. The lowest BCUT2D eigenvalue weighted by atomic mass is 9.96. The van der Waals surface area contributed by atoms with E-state index in [9.17, 15) is 14.9 Å². The maximum Gasteiger partial charge on any atom is 0.247 e. The summed E-state index contributed by atoms with van der Waals surface area (Å²) in [5, 5.41) is 9.22. The number of amides is 1. The van der Waals surface area contributed by atoms with Crippen molar-refractivity contribution in [3.63, 3.8) is 0 Å². The topological polar surface area (TPSA) is 70.4 Å². The van der Waals surface area contributed by atoms with Crippen molar-refractivity contribution >= 4 is 11.7 Å². The van der Waals surface area contributed by atoms with Gasteiger partial charge in [-0.25, -0.2) is 0 Å². The summed E-state index contributed by atoms with van der Waals surface area (Å²) in [5.74, 6) is -1.45. The smallest absolute Gasteiger partial charge is 0.247 e. The quantitative estimate of drug-likeness (QED) is 0.627. The summed E-state index contributed by atoms with van der Waals surface area (Å²) in [4.78, 5) is 26.3. The summed E-state index contributed by atoms with van der Waals surface area (Å²) in [6, 6.07) is 8.30. The molecule has 1 heterocycles. The molecule has 5 heteroatoms. The van der Waals surface area contributed by atoms with E-state index in [4.69, 9.17) is 4.74 Å². The molecule has 2 rings (SSSR count). The Bertz CT molecular complexity index is 554. The molecule has 0 aromatic heterocycles. The van der Waals surface area contributed by atoms with Gasteiger partial charge in [0.05, 0.1) is 13.2 Å². The van der Waals surface area contributed by atoms with Crippen LogP contribution in [0.1, 0.15) is 29.6 Å². The molecular weight excluding hydrogens is 268 g/mol. The van der Waals surface area contributed by atoms with Crippen molar-refractivity contribution < 1.29 is 14.3 Å². The number of hydrogen-bond donors (Lipinski definition) is 0. The molecule has 1 aliphatic heterocycles. The van der Waals surface area contributed by atoms with Crippen LogP contribution in [0.5, 0.6) is 5.75 Å². The van der Waals surface area contributed by atoms with Crippen molar-refractivity contribution in [3.8, 4) is 11.8 Å². The zero-order chi connectivity index (χ0) is 15.2. The number of ether oxygens (including phenoxy) is 1. The minimum atomic E-state index is -1.25. The highest BCUT2D eigenvalue weighted by Crippen LogP contribution is 2.18. The third-order valence-electron chi connectivity index (χ3n) is 3.68. The minimum Gasteiger partial charge on any atom is -0.497 e. The van der Waals surface area contributed by atoms with Gasteiger partial charge in [-0.3, -0.25) is 9.59 Å².